The van der Waals surface area contributed by atoms with Gasteiger partial charge in [-0.2, -0.15) is 0 Å². The maximum atomic E-state index is 2.27. The van der Waals surface area contributed by atoms with Crippen LogP contribution in [-0.4, -0.2) is 6.91 Å². The van der Waals surface area contributed by atoms with E-state index in [0.717, 1.165) is 5.92 Å². The Hall–Kier alpha value is -0.585. The van der Waals surface area contributed by atoms with Crippen LogP contribution >= 0.6 is 0 Å². The topological polar surface area (TPSA) is 0 Å². The molecule has 0 saturated heterocycles. The second-order valence-electron chi connectivity index (χ2n) is 3.75. The van der Waals surface area contributed by atoms with Crippen molar-refractivity contribution in [3.05, 3.63) is 29.6 Å². The molecule has 0 N–H and O–H groups in total. The van der Waals surface area contributed by atoms with Gasteiger partial charge in [0, 0.05) is 0 Å². The van der Waals surface area contributed by atoms with Crippen LogP contribution in [0.5, 0.6) is 0 Å². The Bertz CT molecular complexity index is 224. The first-order valence-corrected chi connectivity index (χ1v) is 5.02. The van der Waals surface area contributed by atoms with Gasteiger partial charge in [0.15, 0.2) is 0 Å². The molecule has 1 aliphatic rings. The first-order valence-electron chi connectivity index (χ1n) is 5.02. The molecular weight excluding hydrogens is 143 g/mol. The molecule has 1 aliphatic carbocycles. The van der Waals surface area contributed by atoms with Gasteiger partial charge >= 0.3 is 74.6 Å². The summed E-state index contributed by atoms with van der Waals surface area (Å²) < 4.78 is 0. The summed E-state index contributed by atoms with van der Waals surface area (Å²) in [7, 11) is 0. The van der Waals surface area contributed by atoms with Crippen molar-refractivity contribution in [3.8, 4) is 0 Å². The summed E-state index contributed by atoms with van der Waals surface area (Å²) >= 11 is 0. The Kier molecular flexibility index (Phi) is 2.60. The fourth-order valence-electron chi connectivity index (χ4n) is 2.16. The van der Waals surface area contributed by atoms with Crippen LogP contribution in [0.25, 0.3) is 0 Å². The predicted octanol–water partition coefficient (Wildman–Crippen LogP) is 3.07. The molecule has 1 aromatic heterocycles. The molecule has 0 aliphatic heterocycles. The number of hydrogen-bond donors (Lipinski definition) is 0. The van der Waals surface area contributed by atoms with Gasteiger partial charge in [0.25, 0.3) is 0 Å². The summed E-state index contributed by atoms with van der Waals surface area (Å²) in [5.41, 5.74) is 1.55. The third-order valence-corrected chi connectivity index (χ3v) is 2.88. The van der Waals surface area contributed by atoms with E-state index in [0.29, 0.717) is 0 Å². The molecule has 1 fully saturated rings. The SMILES string of the molecule is b1ccccc1C1CCCCC1. The van der Waals surface area contributed by atoms with Gasteiger partial charge in [0.05, 0.1) is 0 Å². The Balaban J connectivity index is 2.08. The van der Waals surface area contributed by atoms with Gasteiger partial charge in [-0.15, -0.1) is 0 Å². The molecule has 0 radical (unpaired) electrons. The van der Waals surface area contributed by atoms with Crippen LogP contribution in [0.2, 0.25) is 0 Å². The minimum atomic E-state index is 0.861. The fraction of sp³-hybridized carbons (Fsp3) is 0.545. The first kappa shape index (κ1) is 8.03. The van der Waals surface area contributed by atoms with Gasteiger partial charge in [-0.3, -0.25) is 0 Å². The predicted molar refractivity (Wildman–Crippen MR) is 53.6 cm³/mol. The maximum absolute atomic E-state index is 2.27. The van der Waals surface area contributed by atoms with E-state index in [2.05, 4.69) is 31.1 Å². The Morgan fingerprint density at radius 2 is 1.92 bits per heavy atom. The van der Waals surface area contributed by atoms with Gasteiger partial charge in [0.2, 0.25) is 0 Å². The van der Waals surface area contributed by atoms with Crippen molar-refractivity contribution in [2.75, 3.05) is 0 Å². The molecular formula is C11H15B. The standard InChI is InChI=1S/C11H15B/c1-2-6-10(7-3-1)11-8-4-5-9-12-11/h4-5,8-10H,1-3,6-7H2. The van der Waals surface area contributed by atoms with Crippen molar-refractivity contribution in [1.29, 1.82) is 0 Å². The van der Waals surface area contributed by atoms with E-state index >= 15 is 0 Å². The number of rotatable bonds is 1. The normalized spacial score (nSPS) is 19.0. The molecule has 1 aromatic rings. The van der Waals surface area contributed by atoms with Crippen LogP contribution in [-0.2, 0) is 0 Å². The summed E-state index contributed by atoms with van der Waals surface area (Å²) in [5.74, 6) is 3.02. The van der Waals surface area contributed by atoms with Crippen molar-refractivity contribution in [3.63, 3.8) is 0 Å². The fourth-order valence-corrected chi connectivity index (χ4v) is 2.16. The summed E-state index contributed by atoms with van der Waals surface area (Å²) in [6.07, 6.45) is 7.12. The molecule has 2 rings (SSSR count). The molecule has 1 heteroatoms. The van der Waals surface area contributed by atoms with Crippen LogP contribution in [0.15, 0.2) is 24.2 Å². The summed E-state index contributed by atoms with van der Waals surface area (Å²) in [6, 6.07) is 6.53. The summed E-state index contributed by atoms with van der Waals surface area (Å²) in [6.45, 7) is 2.27. The van der Waals surface area contributed by atoms with E-state index in [1.54, 1.807) is 5.46 Å². The molecule has 62 valence electrons. The van der Waals surface area contributed by atoms with Crippen molar-refractivity contribution >= 4 is 6.91 Å². The zero-order chi connectivity index (χ0) is 8.23. The average Bonchev–Trinajstić information content (AvgIpc) is 2.21. The van der Waals surface area contributed by atoms with Crippen LogP contribution in [0.3, 0.4) is 0 Å². The Morgan fingerprint density at radius 3 is 2.58 bits per heavy atom. The monoisotopic (exact) mass is 158 g/mol. The summed E-state index contributed by atoms with van der Waals surface area (Å²) in [4.78, 5) is 0. The Labute approximate surface area is 75.2 Å². The van der Waals surface area contributed by atoms with Crippen molar-refractivity contribution < 1.29 is 0 Å². The molecule has 0 bridgehead atoms. The molecule has 12 heavy (non-hydrogen) atoms. The molecule has 0 nitrogen and oxygen atoms in total. The van der Waals surface area contributed by atoms with Crippen LogP contribution < -0.4 is 0 Å². The van der Waals surface area contributed by atoms with Gasteiger partial charge in [-0.1, -0.05) is 0 Å². The van der Waals surface area contributed by atoms with E-state index in [1.807, 2.05) is 0 Å². The molecule has 1 heterocycles. The summed E-state index contributed by atoms with van der Waals surface area (Å²) in [5, 5.41) is 0. The molecule has 0 unspecified atom stereocenters. The van der Waals surface area contributed by atoms with Gasteiger partial charge < -0.3 is 0 Å². The third kappa shape index (κ3) is 1.77. The zero-order valence-electron chi connectivity index (χ0n) is 7.50. The van der Waals surface area contributed by atoms with Gasteiger partial charge in [-0.05, 0) is 0 Å². The molecule has 0 atom stereocenters. The van der Waals surface area contributed by atoms with Crippen LogP contribution in [0.4, 0.5) is 0 Å². The average molecular weight is 158 g/mol. The van der Waals surface area contributed by atoms with E-state index in [-0.39, 0.29) is 0 Å². The quantitative estimate of drug-likeness (QED) is 0.589. The first-order chi connectivity index (χ1) is 5.97. The van der Waals surface area contributed by atoms with E-state index < -0.39 is 0 Å². The van der Waals surface area contributed by atoms with Gasteiger partial charge in [-0.25, -0.2) is 0 Å². The molecule has 1 saturated carbocycles. The van der Waals surface area contributed by atoms with E-state index in [4.69, 9.17) is 0 Å². The van der Waals surface area contributed by atoms with Crippen molar-refractivity contribution in [2.24, 2.45) is 0 Å². The number of hydrogen-bond acceptors (Lipinski definition) is 0. The van der Waals surface area contributed by atoms with E-state index in [9.17, 15) is 0 Å². The second kappa shape index (κ2) is 3.89. The molecule has 0 aromatic carbocycles. The van der Waals surface area contributed by atoms with E-state index in [1.165, 1.54) is 32.1 Å². The zero-order valence-corrected chi connectivity index (χ0v) is 7.50. The Morgan fingerprint density at radius 1 is 1.08 bits per heavy atom. The molecule has 0 amide bonds. The third-order valence-electron chi connectivity index (χ3n) is 2.88. The van der Waals surface area contributed by atoms with Gasteiger partial charge in [0.1, 0.15) is 0 Å². The minimum absolute atomic E-state index is 0.861. The van der Waals surface area contributed by atoms with Crippen molar-refractivity contribution in [2.45, 2.75) is 38.0 Å². The van der Waals surface area contributed by atoms with Crippen LogP contribution in [0.1, 0.15) is 43.5 Å². The second-order valence-corrected chi connectivity index (χ2v) is 3.75. The van der Waals surface area contributed by atoms with Crippen LogP contribution in [0, 0.1) is 0 Å². The molecule has 0 spiro atoms. The van der Waals surface area contributed by atoms with Crippen molar-refractivity contribution in [1.82, 2.24) is 0 Å².